The Bertz CT molecular complexity index is 432. The van der Waals surface area contributed by atoms with E-state index < -0.39 is 5.97 Å². The van der Waals surface area contributed by atoms with Gasteiger partial charge >= 0.3 is 12.0 Å². The van der Waals surface area contributed by atoms with E-state index in [0.29, 0.717) is 18.5 Å². The van der Waals surface area contributed by atoms with Gasteiger partial charge in [-0.2, -0.15) is 0 Å². The predicted molar refractivity (Wildman–Crippen MR) is 67.3 cm³/mol. The highest BCUT2D eigenvalue weighted by atomic mass is 16.4. The maximum Gasteiger partial charge on any atom is 0.335 e. The summed E-state index contributed by atoms with van der Waals surface area (Å²) in [5, 5.41) is 13.2. The van der Waals surface area contributed by atoms with Gasteiger partial charge in [-0.1, -0.05) is 18.2 Å². The van der Waals surface area contributed by atoms with Crippen LogP contribution in [0, 0.1) is 0 Å². The lowest BCUT2D eigenvalue weighted by Crippen LogP contribution is -2.43. The first-order chi connectivity index (χ1) is 8.50. The van der Waals surface area contributed by atoms with Gasteiger partial charge in [0.2, 0.25) is 0 Å². The van der Waals surface area contributed by atoms with Crippen LogP contribution in [0.15, 0.2) is 24.3 Å². The van der Waals surface area contributed by atoms with Gasteiger partial charge in [0, 0.05) is 20.6 Å². The third kappa shape index (κ3) is 4.42. The lowest BCUT2D eigenvalue weighted by Gasteiger charge is -2.13. The van der Waals surface area contributed by atoms with Crippen molar-refractivity contribution in [3.8, 4) is 0 Å². The number of urea groups is 1. The van der Waals surface area contributed by atoms with Crippen LogP contribution >= 0.6 is 0 Å². The Morgan fingerprint density at radius 3 is 2.56 bits per heavy atom. The summed E-state index contributed by atoms with van der Waals surface area (Å²) in [5.74, 6) is -0.955. The molecule has 0 bridgehead atoms. The second-order valence-electron chi connectivity index (χ2n) is 3.97. The van der Waals surface area contributed by atoms with E-state index >= 15 is 0 Å². The fourth-order valence-electron chi connectivity index (χ4n) is 1.50. The van der Waals surface area contributed by atoms with Crippen LogP contribution in [-0.2, 0) is 6.42 Å². The summed E-state index contributed by atoms with van der Waals surface area (Å²) in [6.07, 6.45) is 0.476. The van der Waals surface area contributed by atoms with Gasteiger partial charge in [0.25, 0.3) is 0 Å². The van der Waals surface area contributed by atoms with E-state index in [1.54, 1.807) is 38.4 Å². The zero-order valence-electron chi connectivity index (χ0n) is 10.4. The molecule has 6 nitrogen and oxygen atoms in total. The van der Waals surface area contributed by atoms with Crippen LogP contribution in [0.2, 0.25) is 0 Å². The number of hydrazine groups is 1. The van der Waals surface area contributed by atoms with Gasteiger partial charge in [0.1, 0.15) is 0 Å². The Morgan fingerprint density at radius 2 is 1.94 bits per heavy atom. The van der Waals surface area contributed by atoms with E-state index in [1.807, 2.05) is 0 Å². The molecule has 0 heterocycles. The number of nitrogens with one attached hydrogen (secondary N) is 2. The number of aromatic carboxylic acids is 1. The van der Waals surface area contributed by atoms with E-state index in [-0.39, 0.29) is 11.6 Å². The molecule has 0 aromatic heterocycles. The molecule has 0 spiro atoms. The number of rotatable bonds is 5. The molecule has 18 heavy (non-hydrogen) atoms. The van der Waals surface area contributed by atoms with Crippen LogP contribution in [0.25, 0.3) is 0 Å². The minimum Gasteiger partial charge on any atom is -0.478 e. The van der Waals surface area contributed by atoms with Crippen LogP contribution in [-0.4, -0.2) is 42.8 Å². The van der Waals surface area contributed by atoms with E-state index in [4.69, 9.17) is 5.11 Å². The van der Waals surface area contributed by atoms with Crippen molar-refractivity contribution in [1.29, 1.82) is 0 Å². The summed E-state index contributed by atoms with van der Waals surface area (Å²) in [6.45, 7) is 0.379. The largest absolute Gasteiger partial charge is 0.478 e. The quantitative estimate of drug-likeness (QED) is 0.673. The highest BCUT2D eigenvalue weighted by Gasteiger charge is 2.08. The fraction of sp³-hybridized carbons (Fsp3) is 0.333. The summed E-state index contributed by atoms with van der Waals surface area (Å²) in [4.78, 5) is 22.2. The zero-order chi connectivity index (χ0) is 13.5. The summed E-state index contributed by atoms with van der Waals surface area (Å²) in [5.41, 5.74) is 3.51. The van der Waals surface area contributed by atoms with Gasteiger partial charge in [-0.15, -0.1) is 0 Å². The molecule has 0 saturated heterocycles. The number of carboxylic acids is 1. The topological polar surface area (TPSA) is 81.7 Å². The van der Waals surface area contributed by atoms with E-state index in [9.17, 15) is 9.59 Å². The SMILES string of the molecule is CN(C)NC(=O)NCCc1ccccc1C(=O)O. The van der Waals surface area contributed by atoms with Crippen LogP contribution in [0.4, 0.5) is 4.79 Å². The number of carboxylic acid groups (broad SMARTS) is 1. The third-order valence-electron chi connectivity index (χ3n) is 2.25. The number of carbonyl (C=O) groups is 2. The van der Waals surface area contributed by atoms with Crippen molar-refractivity contribution in [3.63, 3.8) is 0 Å². The predicted octanol–water partition coefficient (Wildman–Crippen LogP) is 0.703. The minimum atomic E-state index is -0.955. The van der Waals surface area contributed by atoms with Crippen molar-refractivity contribution in [2.75, 3.05) is 20.6 Å². The van der Waals surface area contributed by atoms with Gasteiger partial charge in [-0.05, 0) is 18.1 Å². The average Bonchev–Trinajstić information content (AvgIpc) is 2.28. The van der Waals surface area contributed by atoms with Crippen molar-refractivity contribution in [3.05, 3.63) is 35.4 Å². The molecule has 3 N–H and O–H groups in total. The first-order valence-corrected chi connectivity index (χ1v) is 5.53. The molecule has 0 fully saturated rings. The molecule has 98 valence electrons. The van der Waals surface area contributed by atoms with Crippen molar-refractivity contribution in [1.82, 2.24) is 15.8 Å². The summed E-state index contributed by atoms with van der Waals surface area (Å²) in [7, 11) is 3.42. The lowest BCUT2D eigenvalue weighted by atomic mass is 10.0. The highest BCUT2D eigenvalue weighted by molar-refractivity contribution is 5.89. The average molecular weight is 251 g/mol. The normalized spacial score (nSPS) is 10.2. The molecular weight excluding hydrogens is 234 g/mol. The Kier molecular flexibility index (Phi) is 5.13. The first-order valence-electron chi connectivity index (χ1n) is 5.53. The summed E-state index contributed by atoms with van der Waals surface area (Å²) >= 11 is 0. The summed E-state index contributed by atoms with van der Waals surface area (Å²) in [6, 6.07) is 6.45. The third-order valence-corrected chi connectivity index (χ3v) is 2.25. The van der Waals surface area contributed by atoms with Gasteiger partial charge < -0.3 is 10.4 Å². The van der Waals surface area contributed by atoms with Crippen LogP contribution in [0.3, 0.4) is 0 Å². The Balaban J connectivity index is 2.49. The van der Waals surface area contributed by atoms with Crippen molar-refractivity contribution < 1.29 is 14.7 Å². The van der Waals surface area contributed by atoms with Gasteiger partial charge in [-0.3, -0.25) is 5.43 Å². The molecule has 1 aromatic carbocycles. The maximum absolute atomic E-state index is 11.3. The van der Waals surface area contributed by atoms with Gasteiger partial charge in [0.05, 0.1) is 5.56 Å². The van der Waals surface area contributed by atoms with Gasteiger partial charge in [-0.25, -0.2) is 14.6 Å². The van der Waals surface area contributed by atoms with Crippen LogP contribution in [0.1, 0.15) is 15.9 Å². The number of amides is 2. The molecule has 0 saturated carbocycles. The molecule has 1 rings (SSSR count). The Hall–Kier alpha value is -2.08. The van der Waals surface area contributed by atoms with E-state index in [1.165, 1.54) is 5.01 Å². The van der Waals surface area contributed by atoms with Crippen molar-refractivity contribution in [2.45, 2.75) is 6.42 Å². The number of hydrogen-bond donors (Lipinski definition) is 3. The monoisotopic (exact) mass is 251 g/mol. The molecule has 6 heteroatoms. The molecule has 0 atom stereocenters. The second kappa shape index (κ2) is 6.61. The molecule has 0 radical (unpaired) electrons. The number of nitrogens with zero attached hydrogens (tertiary/aromatic N) is 1. The molecule has 0 unspecified atom stereocenters. The molecule has 0 aliphatic carbocycles. The first kappa shape index (κ1) is 14.0. The number of hydrogen-bond acceptors (Lipinski definition) is 3. The standard InChI is InChI=1S/C12H17N3O3/c1-15(2)14-12(18)13-8-7-9-5-3-4-6-10(9)11(16)17/h3-6H,7-8H2,1-2H3,(H,16,17)(H2,13,14,18). The molecule has 2 amide bonds. The molecule has 0 aliphatic heterocycles. The maximum atomic E-state index is 11.3. The van der Waals surface area contributed by atoms with Crippen molar-refractivity contribution in [2.24, 2.45) is 0 Å². The van der Waals surface area contributed by atoms with E-state index in [2.05, 4.69) is 10.7 Å². The lowest BCUT2D eigenvalue weighted by molar-refractivity contribution is 0.0695. The zero-order valence-corrected chi connectivity index (χ0v) is 10.4. The number of benzene rings is 1. The fourth-order valence-corrected chi connectivity index (χ4v) is 1.50. The van der Waals surface area contributed by atoms with Gasteiger partial charge in [0.15, 0.2) is 0 Å². The number of carbonyl (C=O) groups excluding carboxylic acids is 1. The molecular formula is C12H17N3O3. The van der Waals surface area contributed by atoms with Crippen LogP contribution < -0.4 is 10.7 Å². The summed E-state index contributed by atoms with van der Waals surface area (Å²) < 4.78 is 0. The Labute approximate surface area is 106 Å². The van der Waals surface area contributed by atoms with Crippen LogP contribution in [0.5, 0.6) is 0 Å². The second-order valence-corrected chi connectivity index (χ2v) is 3.97. The highest BCUT2D eigenvalue weighted by Crippen LogP contribution is 2.08. The molecule has 1 aromatic rings. The molecule has 0 aliphatic rings. The van der Waals surface area contributed by atoms with Crippen molar-refractivity contribution >= 4 is 12.0 Å². The Morgan fingerprint density at radius 1 is 1.28 bits per heavy atom. The smallest absolute Gasteiger partial charge is 0.335 e. The minimum absolute atomic E-state index is 0.271. The van der Waals surface area contributed by atoms with E-state index in [0.717, 1.165) is 0 Å².